The molecule has 3 heterocycles. The third-order valence-corrected chi connectivity index (χ3v) is 4.12. The summed E-state index contributed by atoms with van der Waals surface area (Å²) in [6.07, 6.45) is 0. The number of hydrogen-bond acceptors (Lipinski definition) is 6. The van der Waals surface area contributed by atoms with Gasteiger partial charge in [0.15, 0.2) is 5.82 Å². The fourth-order valence-electron chi connectivity index (χ4n) is 3.02. The van der Waals surface area contributed by atoms with Gasteiger partial charge in [0, 0.05) is 31.7 Å². The molecule has 0 amide bonds. The van der Waals surface area contributed by atoms with Crippen LogP contribution >= 0.6 is 0 Å². The monoisotopic (exact) mass is 283 g/mol. The predicted molar refractivity (Wildman–Crippen MR) is 81.6 cm³/mol. The van der Waals surface area contributed by atoms with E-state index in [1.165, 1.54) is 0 Å². The maximum Gasteiger partial charge on any atom is 0.172 e. The zero-order valence-electron chi connectivity index (χ0n) is 11.6. The lowest BCUT2D eigenvalue weighted by Crippen LogP contribution is -2.56. The smallest absolute Gasteiger partial charge is 0.172 e. The molecule has 3 N–H and O–H groups in total. The first-order valence-electron chi connectivity index (χ1n) is 7.20. The maximum atomic E-state index is 9.99. The Labute approximate surface area is 122 Å². The molecule has 0 bridgehead atoms. The predicted octanol–water partition coefficient (Wildman–Crippen LogP) is 1.05. The second-order valence-corrected chi connectivity index (χ2v) is 5.41. The van der Waals surface area contributed by atoms with Gasteiger partial charge in [-0.3, -0.25) is 0 Å². The van der Waals surface area contributed by atoms with Gasteiger partial charge in [-0.05, 0) is 18.2 Å². The van der Waals surface area contributed by atoms with E-state index in [0.29, 0.717) is 17.3 Å². The van der Waals surface area contributed by atoms with Crippen molar-refractivity contribution < 1.29 is 5.11 Å². The lowest BCUT2D eigenvalue weighted by molar-refractivity contribution is 0.476. The van der Waals surface area contributed by atoms with Crippen molar-refractivity contribution in [3.63, 3.8) is 0 Å². The zero-order valence-corrected chi connectivity index (χ0v) is 11.6. The first-order valence-corrected chi connectivity index (χ1v) is 7.20. The Balaban J connectivity index is 1.78. The lowest BCUT2D eigenvalue weighted by atomic mass is 10.1. The van der Waals surface area contributed by atoms with Gasteiger partial charge in [0.25, 0.3) is 0 Å². The molecule has 2 aromatic rings. The van der Waals surface area contributed by atoms with Crippen molar-refractivity contribution >= 4 is 11.5 Å². The van der Waals surface area contributed by atoms with E-state index in [9.17, 15) is 5.11 Å². The molecule has 108 valence electrons. The van der Waals surface area contributed by atoms with E-state index in [1.54, 1.807) is 12.1 Å². The SMILES string of the molecule is Oc1ccccc1-c1cc2c(nn1)NC[C@H]1CNCCN21. The highest BCUT2D eigenvalue weighted by atomic mass is 16.3. The van der Waals surface area contributed by atoms with Crippen LogP contribution in [0.5, 0.6) is 5.75 Å². The number of fused-ring (bicyclic) bond motifs is 3. The van der Waals surface area contributed by atoms with Crippen molar-refractivity contribution in [2.24, 2.45) is 0 Å². The maximum absolute atomic E-state index is 9.99. The van der Waals surface area contributed by atoms with Crippen LogP contribution in [-0.2, 0) is 0 Å². The Morgan fingerprint density at radius 2 is 2.10 bits per heavy atom. The van der Waals surface area contributed by atoms with Crippen molar-refractivity contribution in [3.8, 4) is 17.0 Å². The van der Waals surface area contributed by atoms with Crippen molar-refractivity contribution in [3.05, 3.63) is 30.3 Å². The summed E-state index contributed by atoms with van der Waals surface area (Å²) in [5.41, 5.74) is 2.49. The normalized spacial score (nSPS) is 20.4. The first-order chi connectivity index (χ1) is 10.3. The molecule has 1 saturated heterocycles. The zero-order chi connectivity index (χ0) is 14.2. The molecule has 21 heavy (non-hydrogen) atoms. The van der Waals surface area contributed by atoms with Crippen LogP contribution in [0.15, 0.2) is 30.3 Å². The fourth-order valence-corrected chi connectivity index (χ4v) is 3.02. The Bertz CT molecular complexity index is 675. The third-order valence-electron chi connectivity index (χ3n) is 4.12. The highest BCUT2D eigenvalue weighted by Gasteiger charge is 2.29. The first kappa shape index (κ1) is 12.4. The Morgan fingerprint density at radius 1 is 1.19 bits per heavy atom. The van der Waals surface area contributed by atoms with Crippen LogP contribution in [0, 0.1) is 0 Å². The minimum Gasteiger partial charge on any atom is -0.507 e. The molecule has 6 heteroatoms. The standard InChI is InChI=1S/C15H17N5O/c21-14-4-2-1-3-11(14)12-7-13-15(19-18-12)17-9-10-8-16-5-6-20(10)13/h1-4,7,10,16,21H,5-6,8-9H2,(H,17,19)/t10-/m1/s1. The van der Waals surface area contributed by atoms with Gasteiger partial charge in [0.2, 0.25) is 0 Å². The number of aromatic nitrogens is 2. The quantitative estimate of drug-likeness (QED) is 0.726. The molecule has 1 aromatic carbocycles. The van der Waals surface area contributed by atoms with Crippen LogP contribution < -0.4 is 15.5 Å². The summed E-state index contributed by atoms with van der Waals surface area (Å²) in [7, 11) is 0. The van der Waals surface area contributed by atoms with Gasteiger partial charge in [-0.2, -0.15) is 0 Å². The van der Waals surface area contributed by atoms with Crippen LogP contribution in [0.3, 0.4) is 0 Å². The molecule has 0 radical (unpaired) electrons. The Kier molecular flexibility index (Phi) is 2.89. The number of hydrogen-bond donors (Lipinski definition) is 3. The average molecular weight is 283 g/mol. The van der Waals surface area contributed by atoms with E-state index < -0.39 is 0 Å². The largest absolute Gasteiger partial charge is 0.507 e. The number of rotatable bonds is 1. The Hall–Kier alpha value is -2.34. The highest BCUT2D eigenvalue weighted by Crippen LogP contribution is 2.35. The van der Waals surface area contributed by atoms with Crippen molar-refractivity contribution in [2.45, 2.75) is 6.04 Å². The molecule has 0 unspecified atom stereocenters. The Morgan fingerprint density at radius 3 is 3.00 bits per heavy atom. The van der Waals surface area contributed by atoms with Crippen molar-refractivity contribution in [1.82, 2.24) is 15.5 Å². The van der Waals surface area contributed by atoms with E-state index in [4.69, 9.17) is 0 Å². The summed E-state index contributed by atoms with van der Waals surface area (Å²) in [5, 5.41) is 25.3. The fraction of sp³-hybridized carbons (Fsp3) is 0.333. The van der Waals surface area contributed by atoms with Gasteiger partial charge in [-0.25, -0.2) is 0 Å². The molecule has 6 nitrogen and oxygen atoms in total. The third kappa shape index (κ3) is 2.08. The van der Waals surface area contributed by atoms with E-state index in [1.807, 2.05) is 18.2 Å². The van der Waals surface area contributed by atoms with Crippen LogP contribution in [0.4, 0.5) is 11.5 Å². The number of para-hydroxylation sites is 1. The number of nitrogens with one attached hydrogen (secondary N) is 2. The van der Waals surface area contributed by atoms with Gasteiger partial charge in [0.05, 0.1) is 17.4 Å². The number of nitrogens with zero attached hydrogens (tertiary/aromatic N) is 3. The number of phenolic OH excluding ortho intramolecular Hbond substituents is 1. The van der Waals surface area contributed by atoms with Crippen LogP contribution in [0.1, 0.15) is 0 Å². The molecule has 1 aromatic heterocycles. The molecule has 1 fully saturated rings. The second kappa shape index (κ2) is 4.89. The van der Waals surface area contributed by atoms with Gasteiger partial charge in [0.1, 0.15) is 5.75 Å². The topological polar surface area (TPSA) is 73.3 Å². The van der Waals surface area contributed by atoms with Crippen LogP contribution in [0.25, 0.3) is 11.3 Å². The van der Waals surface area contributed by atoms with E-state index in [2.05, 4.69) is 25.7 Å². The lowest BCUT2D eigenvalue weighted by Gasteiger charge is -2.42. The summed E-state index contributed by atoms with van der Waals surface area (Å²) < 4.78 is 0. The van der Waals surface area contributed by atoms with Crippen LogP contribution in [0.2, 0.25) is 0 Å². The molecule has 0 saturated carbocycles. The minimum atomic E-state index is 0.229. The number of piperazine rings is 1. The number of phenols is 1. The second-order valence-electron chi connectivity index (χ2n) is 5.41. The van der Waals surface area contributed by atoms with E-state index >= 15 is 0 Å². The average Bonchev–Trinajstić information content (AvgIpc) is 2.55. The molecule has 2 aliphatic heterocycles. The van der Waals surface area contributed by atoms with Gasteiger partial charge >= 0.3 is 0 Å². The number of benzene rings is 1. The summed E-state index contributed by atoms with van der Waals surface area (Å²) >= 11 is 0. The summed E-state index contributed by atoms with van der Waals surface area (Å²) in [6, 6.07) is 9.68. The molecule has 0 aliphatic carbocycles. The number of anilines is 2. The molecule has 0 spiro atoms. The van der Waals surface area contributed by atoms with Crippen molar-refractivity contribution in [2.75, 3.05) is 36.4 Å². The molecule has 2 aliphatic rings. The summed E-state index contributed by atoms with van der Waals surface area (Å²) in [4.78, 5) is 2.38. The summed E-state index contributed by atoms with van der Waals surface area (Å²) in [6.45, 7) is 3.79. The minimum absolute atomic E-state index is 0.229. The van der Waals surface area contributed by atoms with Crippen LogP contribution in [-0.4, -0.2) is 47.5 Å². The van der Waals surface area contributed by atoms with E-state index in [-0.39, 0.29) is 5.75 Å². The van der Waals surface area contributed by atoms with E-state index in [0.717, 1.165) is 37.7 Å². The highest BCUT2D eigenvalue weighted by molar-refractivity contribution is 5.76. The van der Waals surface area contributed by atoms with Crippen molar-refractivity contribution in [1.29, 1.82) is 0 Å². The molecular formula is C15H17N5O. The molecular weight excluding hydrogens is 266 g/mol. The van der Waals surface area contributed by atoms with Gasteiger partial charge in [-0.15, -0.1) is 10.2 Å². The van der Waals surface area contributed by atoms with Gasteiger partial charge in [-0.1, -0.05) is 12.1 Å². The van der Waals surface area contributed by atoms with Gasteiger partial charge < -0.3 is 20.6 Å². The number of aromatic hydroxyl groups is 1. The molecule has 1 atom stereocenters. The molecule has 4 rings (SSSR count). The summed E-state index contributed by atoms with van der Waals surface area (Å²) in [5.74, 6) is 1.06.